The molecule has 0 saturated heterocycles. The smallest absolute Gasteiger partial charge is 0.272 e. The Morgan fingerprint density at radius 1 is 1.37 bits per heavy atom. The molecular formula is C13H11N3O2S. The van der Waals surface area contributed by atoms with E-state index >= 15 is 0 Å². The third kappa shape index (κ3) is 2.34. The van der Waals surface area contributed by atoms with Crippen molar-refractivity contribution in [2.24, 2.45) is 0 Å². The summed E-state index contributed by atoms with van der Waals surface area (Å²) in [6.45, 7) is 0. The zero-order valence-electron chi connectivity index (χ0n) is 9.95. The Morgan fingerprint density at radius 2 is 2.21 bits per heavy atom. The van der Waals surface area contributed by atoms with Gasteiger partial charge in [0.2, 0.25) is 0 Å². The zero-order chi connectivity index (χ0) is 13.2. The summed E-state index contributed by atoms with van der Waals surface area (Å²) < 4.78 is 5.06. The summed E-state index contributed by atoms with van der Waals surface area (Å²) in [7, 11) is 0. The van der Waals surface area contributed by atoms with Gasteiger partial charge < -0.3 is 4.72 Å². The predicted molar refractivity (Wildman–Crippen MR) is 74.7 cm³/mol. The van der Waals surface area contributed by atoms with Crippen LogP contribution in [0.4, 0.5) is 5.69 Å². The predicted octanol–water partition coefficient (Wildman–Crippen LogP) is 2.90. The van der Waals surface area contributed by atoms with Gasteiger partial charge in [-0.25, -0.2) is 0 Å². The van der Waals surface area contributed by atoms with E-state index in [1.54, 1.807) is 18.2 Å². The molecule has 0 atom stereocenters. The van der Waals surface area contributed by atoms with Crippen molar-refractivity contribution in [2.45, 2.75) is 6.42 Å². The topological polar surface area (TPSA) is 58.4 Å². The molecule has 1 aromatic rings. The van der Waals surface area contributed by atoms with E-state index in [-0.39, 0.29) is 10.6 Å². The first-order valence-corrected chi connectivity index (χ1v) is 6.54. The number of benzene rings is 1. The van der Waals surface area contributed by atoms with Crippen molar-refractivity contribution in [3.05, 3.63) is 75.8 Å². The van der Waals surface area contributed by atoms with Crippen molar-refractivity contribution in [1.29, 1.82) is 0 Å². The number of fused-ring (bicyclic) bond motifs is 1. The third-order valence-electron chi connectivity index (χ3n) is 2.95. The van der Waals surface area contributed by atoms with Crippen molar-refractivity contribution >= 4 is 17.8 Å². The maximum atomic E-state index is 11.0. The number of para-hydroxylation sites is 1. The van der Waals surface area contributed by atoms with Crippen LogP contribution in [0.25, 0.3) is 0 Å². The number of nitrogens with zero attached hydrogens (tertiary/aromatic N) is 2. The molecule has 1 N–H and O–H groups in total. The second-order valence-corrected chi connectivity index (χ2v) is 5.01. The fourth-order valence-corrected chi connectivity index (χ4v) is 2.67. The highest BCUT2D eigenvalue weighted by Gasteiger charge is 2.18. The van der Waals surface area contributed by atoms with Crippen LogP contribution in [0, 0.1) is 10.1 Å². The monoisotopic (exact) mass is 273 g/mol. The molecule has 19 heavy (non-hydrogen) atoms. The third-order valence-corrected chi connectivity index (χ3v) is 3.71. The van der Waals surface area contributed by atoms with Crippen LogP contribution in [0.3, 0.4) is 0 Å². The summed E-state index contributed by atoms with van der Waals surface area (Å²) in [5.41, 5.74) is 3.02. The van der Waals surface area contributed by atoms with E-state index in [1.165, 1.54) is 12.1 Å². The van der Waals surface area contributed by atoms with Gasteiger partial charge in [0.15, 0.2) is 0 Å². The first-order valence-electron chi connectivity index (χ1n) is 5.77. The summed E-state index contributed by atoms with van der Waals surface area (Å²) in [4.78, 5) is 10.6. The molecule has 96 valence electrons. The lowest BCUT2D eigenvalue weighted by Crippen LogP contribution is -2.07. The van der Waals surface area contributed by atoms with Crippen LogP contribution in [0.2, 0.25) is 0 Å². The number of rotatable bonds is 3. The van der Waals surface area contributed by atoms with Gasteiger partial charge >= 0.3 is 0 Å². The number of allylic oxidation sites excluding steroid dienone is 3. The summed E-state index contributed by atoms with van der Waals surface area (Å²) in [5, 5.41) is 11.0. The first kappa shape index (κ1) is 11.9. The Bertz CT molecular complexity index is 622. The van der Waals surface area contributed by atoms with Crippen molar-refractivity contribution in [1.82, 2.24) is 9.03 Å². The van der Waals surface area contributed by atoms with Crippen LogP contribution in [-0.4, -0.2) is 9.23 Å². The molecule has 0 amide bonds. The van der Waals surface area contributed by atoms with E-state index in [0.29, 0.717) is 6.42 Å². The fraction of sp³-hybridized carbons (Fsp3) is 0.0769. The van der Waals surface area contributed by atoms with Crippen LogP contribution in [0.15, 0.2) is 60.1 Å². The van der Waals surface area contributed by atoms with Gasteiger partial charge in [0.25, 0.3) is 5.69 Å². The number of hydrogen-bond donors (Lipinski definition) is 1. The average molecular weight is 273 g/mol. The van der Waals surface area contributed by atoms with E-state index < -0.39 is 0 Å². The van der Waals surface area contributed by atoms with Gasteiger partial charge in [0.05, 0.1) is 22.8 Å². The Kier molecular flexibility index (Phi) is 3.00. The van der Waals surface area contributed by atoms with Gasteiger partial charge in [-0.15, -0.1) is 0 Å². The molecule has 0 radical (unpaired) electrons. The van der Waals surface area contributed by atoms with Gasteiger partial charge in [-0.1, -0.05) is 18.2 Å². The maximum absolute atomic E-state index is 11.0. The largest absolute Gasteiger partial charge is 0.316 e. The summed E-state index contributed by atoms with van der Waals surface area (Å²) in [6.07, 6.45) is 8.44. The Hall–Kier alpha value is -2.21. The molecule has 2 heterocycles. The molecular weight excluding hydrogens is 262 g/mol. The molecule has 0 unspecified atom stereocenters. The van der Waals surface area contributed by atoms with Crippen molar-refractivity contribution in [3.63, 3.8) is 0 Å². The van der Waals surface area contributed by atoms with Crippen molar-refractivity contribution in [2.75, 3.05) is 0 Å². The molecule has 0 aliphatic carbocycles. The minimum Gasteiger partial charge on any atom is -0.316 e. The van der Waals surface area contributed by atoms with Gasteiger partial charge in [-0.3, -0.25) is 14.4 Å². The minimum atomic E-state index is -0.332. The lowest BCUT2D eigenvalue weighted by molar-refractivity contribution is -0.385. The van der Waals surface area contributed by atoms with Crippen molar-refractivity contribution < 1.29 is 4.92 Å². The van der Waals surface area contributed by atoms with E-state index in [4.69, 9.17) is 0 Å². The van der Waals surface area contributed by atoms with Crippen LogP contribution in [0.1, 0.15) is 5.56 Å². The van der Waals surface area contributed by atoms with E-state index in [2.05, 4.69) is 4.72 Å². The fourth-order valence-electron chi connectivity index (χ4n) is 2.05. The van der Waals surface area contributed by atoms with E-state index in [0.717, 1.165) is 16.8 Å². The Balaban J connectivity index is 1.87. The maximum Gasteiger partial charge on any atom is 0.272 e. The number of nitro benzene ring substituents is 1. The SMILES string of the molecule is O=[N+]([O-])c1ccccc1CC1=CC2=CNSN2C=C1. The van der Waals surface area contributed by atoms with Gasteiger partial charge in [0, 0.05) is 30.5 Å². The highest BCUT2D eigenvalue weighted by molar-refractivity contribution is 7.95. The number of nitro groups is 1. The Morgan fingerprint density at radius 3 is 3.05 bits per heavy atom. The normalized spacial score (nSPS) is 16.5. The van der Waals surface area contributed by atoms with Gasteiger partial charge in [-0.2, -0.15) is 0 Å². The molecule has 3 rings (SSSR count). The molecule has 1 aromatic carbocycles. The lowest BCUT2D eigenvalue weighted by Gasteiger charge is -2.17. The molecule has 0 aromatic heterocycles. The molecule has 2 aliphatic heterocycles. The minimum absolute atomic E-state index is 0.173. The quantitative estimate of drug-likeness (QED) is 0.521. The molecule has 2 aliphatic rings. The van der Waals surface area contributed by atoms with Crippen LogP contribution < -0.4 is 4.72 Å². The molecule has 0 bridgehead atoms. The second-order valence-electron chi connectivity index (χ2n) is 4.20. The highest BCUT2D eigenvalue weighted by Crippen LogP contribution is 2.30. The molecule has 5 nitrogen and oxygen atoms in total. The molecule has 0 saturated carbocycles. The highest BCUT2D eigenvalue weighted by atomic mass is 32.2. The zero-order valence-corrected chi connectivity index (χ0v) is 10.8. The summed E-state index contributed by atoms with van der Waals surface area (Å²) in [6, 6.07) is 6.86. The second kappa shape index (κ2) is 4.81. The van der Waals surface area contributed by atoms with E-state index in [9.17, 15) is 10.1 Å². The van der Waals surface area contributed by atoms with Gasteiger partial charge in [0.1, 0.15) is 0 Å². The molecule has 6 heteroatoms. The first-order chi connectivity index (χ1) is 9.24. The number of nitrogens with one attached hydrogen (secondary N) is 1. The van der Waals surface area contributed by atoms with Crippen LogP contribution in [0.5, 0.6) is 0 Å². The van der Waals surface area contributed by atoms with E-state index in [1.807, 2.05) is 34.9 Å². The molecule has 0 spiro atoms. The average Bonchev–Trinajstić information content (AvgIpc) is 2.86. The standard InChI is InChI=1S/C13H11N3O2S/c17-16(18)13-4-2-1-3-11(13)7-10-5-6-15-12(8-10)9-14-19-15/h1-6,8-9,14H,7H2. The Labute approximate surface area is 114 Å². The number of hydrogen-bond acceptors (Lipinski definition) is 5. The van der Waals surface area contributed by atoms with Crippen molar-refractivity contribution in [3.8, 4) is 0 Å². The van der Waals surface area contributed by atoms with Crippen LogP contribution in [-0.2, 0) is 6.42 Å². The summed E-state index contributed by atoms with van der Waals surface area (Å²) >= 11 is 1.49. The van der Waals surface area contributed by atoms with Gasteiger partial charge in [-0.05, 0) is 17.7 Å². The van der Waals surface area contributed by atoms with Crippen LogP contribution >= 0.6 is 12.1 Å². The lowest BCUT2D eigenvalue weighted by atomic mass is 10.0. The summed E-state index contributed by atoms with van der Waals surface area (Å²) in [5.74, 6) is 0. The molecule has 0 fully saturated rings.